The van der Waals surface area contributed by atoms with E-state index in [-0.39, 0.29) is 11.9 Å². The van der Waals surface area contributed by atoms with Gasteiger partial charge in [-0.05, 0) is 25.1 Å². The van der Waals surface area contributed by atoms with Crippen molar-refractivity contribution in [1.29, 1.82) is 0 Å². The van der Waals surface area contributed by atoms with Crippen molar-refractivity contribution in [2.45, 2.75) is 19.5 Å². The number of methoxy groups -OCH3 is 1. The molecule has 1 aromatic heterocycles. The Hall–Kier alpha value is -1.10. The summed E-state index contributed by atoms with van der Waals surface area (Å²) in [5.74, 6) is 0.266. The topological polar surface area (TPSA) is 21.3 Å². The predicted octanol–water partition coefficient (Wildman–Crippen LogP) is 4.40. The minimum Gasteiger partial charge on any atom is -0.497 e. The minimum absolute atomic E-state index is 0.138. The zero-order chi connectivity index (χ0) is 13.8. The summed E-state index contributed by atoms with van der Waals surface area (Å²) in [4.78, 5) is 1.14. The molecule has 1 heterocycles. The highest BCUT2D eigenvalue weighted by atomic mass is 35.5. The van der Waals surface area contributed by atoms with Crippen molar-refractivity contribution < 1.29 is 9.13 Å². The molecule has 2 aromatic rings. The number of nitrogens with one attached hydrogen (secondary N) is 1. The molecule has 2 nitrogen and oxygen atoms in total. The van der Waals surface area contributed by atoms with Crippen LogP contribution in [0.2, 0.25) is 4.34 Å². The van der Waals surface area contributed by atoms with Gasteiger partial charge in [-0.1, -0.05) is 17.7 Å². The summed E-state index contributed by atoms with van der Waals surface area (Å²) in [6.45, 7) is 2.50. The molecule has 0 saturated carbocycles. The van der Waals surface area contributed by atoms with Crippen LogP contribution in [0.15, 0.2) is 30.3 Å². The summed E-state index contributed by atoms with van der Waals surface area (Å²) < 4.78 is 19.5. The van der Waals surface area contributed by atoms with Crippen LogP contribution in [-0.4, -0.2) is 7.11 Å². The van der Waals surface area contributed by atoms with Crippen LogP contribution < -0.4 is 10.1 Å². The van der Waals surface area contributed by atoms with Gasteiger partial charge in [0.2, 0.25) is 0 Å². The fourth-order valence-corrected chi connectivity index (χ4v) is 2.81. The quantitative estimate of drug-likeness (QED) is 0.883. The second kappa shape index (κ2) is 6.37. The molecule has 0 saturated heterocycles. The fourth-order valence-electron chi connectivity index (χ4n) is 1.72. The van der Waals surface area contributed by atoms with E-state index in [0.717, 1.165) is 9.21 Å². The maximum Gasteiger partial charge on any atom is 0.131 e. The van der Waals surface area contributed by atoms with E-state index in [2.05, 4.69) is 5.32 Å². The Labute approximate surface area is 121 Å². The highest BCUT2D eigenvalue weighted by molar-refractivity contribution is 7.16. The first kappa shape index (κ1) is 14.3. The monoisotopic (exact) mass is 299 g/mol. The molecule has 0 bridgehead atoms. The number of thiophene rings is 1. The van der Waals surface area contributed by atoms with E-state index in [1.165, 1.54) is 24.5 Å². The normalized spacial score (nSPS) is 12.4. The Morgan fingerprint density at radius 3 is 2.74 bits per heavy atom. The Morgan fingerprint density at radius 1 is 1.37 bits per heavy atom. The highest BCUT2D eigenvalue weighted by Gasteiger charge is 2.09. The average molecular weight is 300 g/mol. The van der Waals surface area contributed by atoms with E-state index >= 15 is 0 Å². The van der Waals surface area contributed by atoms with Crippen LogP contribution in [0.3, 0.4) is 0 Å². The summed E-state index contributed by atoms with van der Waals surface area (Å²) >= 11 is 7.43. The van der Waals surface area contributed by atoms with Crippen molar-refractivity contribution in [2.24, 2.45) is 0 Å². The maximum absolute atomic E-state index is 13.8. The van der Waals surface area contributed by atoms with Gasteiger partial charge in [0, 0.05) is 29.1 Å². The highest BCUT2D eigenvalue weighted by Crippen LogP contribution is 2.27. The summed E-state index contributed by atoms with van der Waals surface area (Å²) in [6, 6.07) is 8.87. The number of halogens is 2. The molecule has 0 fully saturated rings. The lowest BCUT2D eigenvalue weighted by atomic mass is 10.2. The molecule has 1 atom stereocenters. The van der Waals surface area contributed by atoms with E-state index in [4.69, 9.17) is 16.3 Å². The third-order valence-electron chi connectivity index (χ3n) is 2.88. The first-order chi connectivity index (χ1) is 9.10. The van der Waals surface area contributed by atoms with Gasteiger partial charge in [0.25, 0.3) is 0 Å². The summed E-state index contributed by atoms with van der Waals surface area (Å²) in [5.41, 5.74) is 0.621. The Kier molecular flexibility index (Phi) is 4.80. The lowest BCUT2D eigenvalue weighted by molar-refractivity contribution is 0.410. The van der Waals surface area contributed by atoms with Gasteiger partial charge in [-0.2, -0.15) is 0 Å². The average Bonchev–Trinajstić information content (AvgIpc) is 2.83. The van der Waals surface area contributed by atoms with Gasteiger partial charge in [0.15, 0.2) is 0 Å². The molecule has 19 heavy (non-hydrogen) atoms. The lowest BCUT2D eigenvalue weighted by Gasteiger charge is -2.13. The van der Waals surface area contributed by atoms with Crippen molar-refractivity contribution >= 4 is 22.9 Å². The SMILES string of the molecule is COc1ccc(CNC(C)c2ccc(Cl)s2)c(F)c1. The summed E-state index contributed by atoms with van der Waals surface area (Å²) in [7, 11) is 1.52. The molecule has 2 rings (SSSR count). The molecule has 0 aliphatic carbocycles. The molecule has 0 radical (unpaired) electrons. The molecular weight excluding hydrogens is 285 g/mol. The molecule has 0 aliphatic heterocycles. The molecule has 0 aliphatic rings. The van der Waals surface area contributed by atoms with Gasteiger partial charge >= 0.3 is 0 Å². The van der Waals surface area contributed by atoms with Crippen LogP contribution >= 0.6 is 22.9 Å². The predicted molar refractivity (Wildman–Crippen MR) is 77.5 cm³/mol. The van der Waals surface area contributed by atoms with Gasteiger partial charge in [-0.15, -0.1) is 11.3 Å². The van der Waals surface area contributed by atoms with E-state index in [9.17, 15) is 4.39 Å². The van der Waals surface area contributed by atoms with Gasteiger partial charge in [0.1, 0.15) is 11.6 Å². The first-order valence-electron chi connectivity index (χ1n) is 5.91. The molecule has 0 amide bonds. The van der Waals surface area contributed by atoms with Crippen molar-refractivity contribution in [3.05, 3.63) is 50.9 Å². The zero-order valence-corrected chi connectivity index (χ0v) is 12.3. The van der Waals surface area contributed by atoms with Gasteiger partial charge in [0.05, 0.1) is 11.4 Å². The number of rotatable bonds is 5. The van der Waals surface area contributed by atoms with Crippen LogP contribution in [0.1, 0.15) is 23.4 Å². The molecule has 5 heteroatoms. The van der Waals surface area contributed by atoms with Crippen LogP contribution in [0.25, 0.3) is 0 Å². The van der Waals surface area contributed by atoms with Crippen molar-refractivity contribution in [3.8, 4) is 5.75 Å². The van der Waals surface area contributed by atoms with Gasteiger partial charge in [-0.25, -0.2) is 4.39 Å². The number of ether oxygens (including phenoxy) is 1. The van der Waals surface area contributed by atoms with Crippen LogP contribution in [0.4, 0.5) is 4.39 Å². The second-order valence-electron chi connectivity index (χ2n) is 4.20. The maximum atomic E-state index is 13.8. The summed E-state index contributed by atoms with van der Waals surface area (Å²) in [5, 5.41) is 3.28. The first-order valence-corrected chi connectivity index (χ1v) is 7.10. The zero-order valence-electron chi connectivity index (χ0n) is 10.7. The lowest BCUT2D eigenvalue weighted by Crippen LogP contribution is -2.17. The minimum atomic E-state index is -0.261. The Bertz CT molecular complexity index is 558. The van der Waals surface area contributed by atoms with E-state index in [1.807, 2.05) is 19.1 Å². The molecule has 1 aromatic carbocycles. The number of hydrogen-bond acceptors (Lipinski definition) is 3. The number of hydrogen-bond donors (Lipinski definition) is 1. The molecule has 102 valence electrons. The fraction of sp³-hybridized carbons (Fsp3) is 0.286. The van der Waals surface area contributed by atoms with Crippen LogP contribution in [0.5, 0.6) is 5.75 Å². The molecule has 0 spiro atoms. The van der Waals surface area contributed by atoms with Crippen molar-refractivity contribution in [1.82, 2.24) is 5.32 Å². The van der Waals surface area contributed by atoms with E-state index in [1.54, 1.807) is 12.1 Å². The largest absolute Gasteiger partial charge is 0.497 e. The molecule has 1 unspecified atom stereocenters. The van der Waals surface area contributed by atoms with Crippen molar-refractivity contribution in [3.63, 3.8) is 0 Å². The third kappa shape index (κ3) is 3.69. The summed E-state index contributed by atoms with van der Waals surface area (Å²) in [6.07, 6.45) is 0. The number of benzene rings is 1. The molecular formula is C14H15ClFNOS. The molecule has 1 N–H and O–H groups in total. The van der Waals surface area contributed by atoms with E-state index in [0.29, 0.717) is 17.9 Å². The van der Waals surface area contributed by atoms with E-state index < -0.39 is 0 Å². The second-order valence-corrected chi connectivity index (χ2v) is 5.95. The Balaban J connectivity index is 1.98. The Morgan fingerprint density at radius 2 is 2.16 bits per heavy atom. The smallest absolute Gasteiger partial charge is 0.131 e. The third-order valence-corrected chi connectivity index (χ3v) is 4.29. The van der Waals surface area contributed by atoms with Crippen LogP contribution in [-0.2, 0) is 6.54 Å². The van der Waals surface area contributed by atoms with Gasteiger partial charge in [-0.3, -0.25) is 0 Å². The van der Waals surface area contributed by atoms with Crippen molar-refractivity contribution in [2.75, 3.05) is 7.11 Å². The van der Waals surface area contributed by atoms with Gasteiger partial charge < -0.3 is 10.1 Å². The standard InChI is InChI=1S/C14H15ClFNOS/c1-9(13-5-6-14(15)19-13)17-8-10-3-4-11(18-2)7-12(10)16/h3-7,9,17H,8H2,1-2H3. The van der Waals surface area contributed by atoms with Crippen LogP contribution in [0, 0.1) is 5.82 Å².